The second-order valence-corrected chi connectivity index (χ2v) is 18.0. The van der Waals surface area contributed by atoms with Gasteiger partial charge in [0.2, 0.25) is 0 Å². The molecule has 0 bridgehead atoms. The highest BCUT2D eigenvalue weighted by Crippen LogP contribution is 2.64. The molecule has 2 aliphatic carbocycles. The Morgan fingerprint density at radius 1 is 0.269 bits per heavy atom. The summed E-state index contributed by atoms with van der Waals surface area (Å²) in [5.74, 6) is 0. The molecule has 1 aromatic heterocycles. The van der Waals surface area contributed by atoms with E-state index in [1.54, 1.807) is 0 Å². The zero-order valence-electron chi connectivity index (χ0n) is 36.5. The monoisotopic (exact) mass is 851 g/mol. The Labute approximate surface area is 389 Å². The minimum atomic E-state index is -0.553. The van der Waals surface area contributed by atoms with E-state index in [0.29, 0.717) is 0 Å². The van der Waals surface area contributed by atoms with Crippen LogP contribution < -0.4 is 4.90 Å². The molecule has 2 nitrogen and oxygen atoms in total. The third-order valence-electron chi connectivity index (χ3n) is 14.5. The van der Waals surface area contributed by atoms with E-state index in [2.05, 4.69) is 248 Å². The molecule has 0 unspecified atom stereocenters. The maximum Gasteiger partial charge on any atom is 0.137 e. The maximum absolute atomic E-state index is 6.53. The van der Waals surface area contributed by atoms with Gasteiger partial charge in [-0.05, 0) is 143 Å². The molecule has 2 aliphatic rings. The molecule has 67 heavy (non-hydrogen) atoms. The normalized spacial score (nSPS) is 12.9. The van der Waals surface area contributed by atoms with Gasteiger partial charge in [-0.15, -0.1) is 0 Å². The quantitative estimate of drug-likeness (QED) is 0.166. The van der Waals surface area contributed by atoms with E-state index < -0.39 is 5.41 Å². The first kappa shape index (κ1) is 37.6. The smallest absolute Gasteiger partial charge is 0.137 e. The van der Waals surface area contributed by atoms with Gasteiger partial charge < -0.3 is 9.32 Å². The zero-order chi connectivity index (χ0) is 44.1. The number of para-hydroxylation sites is 1. The van der Waals surface area contributed by atoms with Crippen LogP contribution in [0.5, 0.6) is 0 Å². The van der Waals surface area contributed by atoms with Crippen molar-refractivity contribution in [2.75, 3.05) is 4.90 Å². The first-order valence-corrected chi connectivity index (χ1v) is 23.2. The Balaban J connectivity index is 0.977. The van der Waals surface area contributed by atoms with Gasteiger partial charge in [0.25, 0.3) is 0 Å². The average Bonchev–Trinajstić information content (AvgIpc) is 4.02. The van der Waals surface area contributed by atoms with E-state index in [-0.39, 0.29) is 0 Å². The van der Waals surface area contributed by atoms with Crippen LogP contribution in [0.1, 0.15) is 22.3 Å². The van der Waals surface area contributed by atoms with Gasteiger partial charge in [0, 0.05) is 33.9 Å². The van der Waals surface area contributed by atoms with Gasteiger partial charge in [0.1, 0.15) is 11.2 Å². The van der Waals surface area contributed by atoms with Crippen LogP contribution in [0.25, 0.3) is 88.3 Å². The second kappa shape index (κ2) is 14.7. The molecule has 0 atom stereocenters. The topological polar surface area (TPSA) is 16.4 Å². The lowest BCUT2D eigenvalue weighted by Gasteiger charge is -2.32. The first-order chi connectivity index (χ1) is 33.2. The lowest BCUT2D eigenvalue weighted by Crippen LogP contribution is -2.26. The summed E-state index contributed by atoms with van der Waals surface area (Å²) in [4.78, 5) is 2.40. The fourth-order valence-electron chi connectivity index (χ4n) is 11.5. The summed E-state index contributed by atoms with van der Waals surface area (Å²) in [7, 11) is 0. The Bertz CT molecular complexity index is 3880. The summed E-state index contributed by atoms with van der Waals surface area (Å²) in [5, 5.41) is 4.75. The summed E-state index contributed by atoms with van der Waals surface area (Å²) in [6.07, 6.45) is 0. The Morgan fingerprint density at radius 2 is 0.776 bits per heavy atom. The van der Waals surface area contributed by atoms with Crippen LogP contribution >= 0.6 is 0 Å². The molecule has 0 N–H and O–H groups in total. The average molecular weight is 852 g/mol. The number of benzene rings is 11. The molecule has 2 heteroatoms. The van der Waals surface area contributed by atoms with Crippen molar-refractivity contribution in [1.82, 2.24) is 0 Å². The third kappa shape index (κ3) is 5.63. The Hall–Kier alpha value is -8.72. The summed E-state index contributed by atoms with van der Waals surface area (Å²) < 4.78 is 6.53. The predicted molar refractivity (Wildman–Crippen MR) is 279 cm³/mol. The van der Waals surface area contributed by atoms with E-state index in [9.17, 15) is 0 Å². The molecule has 1 heterocycles. The number of fused-ring (bicyclic) bond motifs is 14. The molecular weight excluding hydrogens is 811 g/mol. The predicted octanol–water partition coefficient (Wildman–Crippen LogP) is 17.6. The number of rotatable bonds is 6. The minimum Gasteiger partial charge on any atom is -0.456 e. The fraction of sp³-hybridized carbons (Fsp3) is 0.0154. The Kier molecular flexibility index (Phi) is 8.23. The van der Waals surface area contributed by atoms with E-state index in [0.717, 1.165) is 39.0 Å². The lowest BCUT2D eigenvalue weighted by molar-refractivity contribution is 0.669. The van der Waals surface area contributed by atoms with Crippen molar-refractivity contribution in [3.05, 3.63) is 271 Å². The van der Waals surface area contributed by atoms with E-state index in [4.69, 9.17) is 4.42 Å². The van der Waals surface area contributed by atoms with Gasteiger partial charge >= 0.3 is 0 Å². The van der Waals surface area contributed by atoms with Crippen LogP contribution in [0.15, 0.2) is 253 Å². The molecule has 12 aromatic rings. The maximum atomic E-state index is 6.53. The van der Waals surface area contributed by atoms with Crippen LogP contribution in [0, 0.1) is 0 Å². The van der Waals surface area contributed by atoms with Crippen LogP contribution in [0.4, 0.5) is 17.1 Å². The number of hydrogen-bond acceptors (Lipinski definition) is 2. The van der Waals surface area contributed by atoms with Crippen molar-refractivity contribution >= 4 is 49.8 Å². The molecule has 0 radical (unpaired) electrons. The number of anilines is 3. The highest BCUT2D eigenvalue weighted by atomic mass is 16.3. The van der Waals surface area contributed by atoms with Gasteiger partial charge in [-0.2, -0.15) is 0 Å². The number of furan rings is 1. The van der Waals surface area contributed by atoms with Crippen LogP contribution in [0.2, 0.25) is 0 Å². The van der Waals surface area contributed by atoms with E-state index in [1.807, 2.05) is 6.07 Å². The van der Waals surface area contributed by atoms with Gasteiger partial charge in [-0.25, -0.2) is 0 Å². The standard InChI is InChI=1S/C65H41NO/c1-2-14-42(15-3-1)43-28-31-48(32-29-43)66(50-34-37-58-57-23-8-11-27-63(57)67-64(58)41-50)49-33-36-56-55-35-30-46(45-18-12-19-47(38-45)52-24-13-17-44-16-4-5-20-51(44)52)39-61(55)65(62(56)40-49)59-25-9-6-21-53(59)54-22-7-10-26-60(54)65/h1-41H. The third-order valence-corrected chi connectivity index (χ3v) is 14.5. The minimum absolute atomic E-state index is 0.553. The van der Waals surface area contributed by atoms with Crippen molar-refractivity contribution in [2.45, 2.75) is 5.41 Å². The van der Waals surface area contributed by atoms with E-state index in [1.165, 1.54) is 88.7 Å². The molecule has 0 saturated heterocycles. The molecule has 0 saturated carbocycles. The molecule has 0 aliphatic heterocycles. The summed E-state index contributed by atoms with van der Waals surface area (Å²) in [6.45, 7) is 0. The van der Waals surface area contributed by atoms with Crippen molar-refractivity contribution in [3.63, 3.8) is 0 Å². The van der Waals surface area contributed by atoms with E-state index >= 15 is 0 Å². The SMILES string of the molecule is c1ccc(-c2ccc(N(c3ccc4c(c3)C3(c5ccccc5-c5ccccc53)c3cc(-c5cccc(-c6cccc7ccccc67)c5)ccc3-4)c3ccc4c(c3)oc3ccccc34)cc2)cc1. The molecule has 11 aromatic carbocycles. The van der Waals surface area contributed by atoms with Crippen LogP contribution in [-0.2, 0) is 5.41 Å². The highest BCUT2D eigenvalue weighted by molar-refractivity contribution is 6.06. The van der Waals surface area contributed by atoms with Crippen molar-refractivity contribution in [1.29, 1.82) is 0 Å². The summed E-state index contributed by atoms with van der Waals surface area (Å²) in [6, 6.07) is 91.4. The molecule has 0 fully saturated rings. The lowest BCUT2D eigenvalue weighted by atomic mass is 9.70. The van der Waals surface area contributed by atoms with Crippen molar-refractivity contribution in [3.8, 4) is 55.6 Å². The number of nitrogens with zero attached hydrogens (tertiary/aromatic N) is 1. The summed E-state index contributed by atoms with van der Waals surface area (Å²) in [5.41, 5.74) is 22.0. The highest BCUT2D eigenvalue weighted by Gasteiger charge is 2.52. The summed E-state index contributed by atoms with van der Waals surface area (Å²) >= 11 is 0. The number of hydrogen-bond donors (Lipinski definition) is 0. The van der Waals surface area contributed by atoms with Crippen LogP contribution in [-0.4, -0.2) is 0 Å². The largest absolute Gasteiger partial charge is 0.456 e. The molecule has 14 rings (SSSR count). The van der Waals surface area contributed by atoms with Crippen LogP contribution in [0.3, 0.4) is 0 Å². The van der Waals surface area contributed by atoms with Gasteiger partial charge in [-0.3, -0.25) is 0 Å². The Morgan fingerprint density at radius 3 is 1.60 bits per heavy atom. The van der Waals surface area contributed by atoms with Crippen molar-refractivity contribution in [2.24, 2.45) is 0 Å². The fourth-order valence-corrected chi connectivity index (χ4v) is 11.5. The molecular formula is C65H41NO. The molecule has 312 valence electrons. The first-order valence-electron chi connectivity index (χ1n) is 23.2. The van der Waals surface area contributed by atoms with Gasteiger partial charge in [0.05, 0.1) is 5.41 Å². The van der Waals surface area contributed by atoms with Crippen molar-refractivity contribution < 1.29 is 4.42 Å². The van der Waals surface area contributed by atoms with Gasteiger partial charge in [-0.1, -0.05) is 188 Å². The molecule has 1 spiro atoms. The zero-order valence-corrected chi connectivity index (χ0v) is 36.5. The van der Waals surface area contributed by atoms with Gasteiger partial charge in [0.15, 0.2) is 0 Å². The second-order valence-electron chi connectivity index (χ2n) is 18.0. The molecule has 0 amide bonds.